The van der Waals surface area contributed by atoms with E-state index in [1.807, 2.05) is 18.4 Å². The third-order valence-electron chi connectivity index (χ3n) is 4.15. The minimum absolute atomic E-state index is 0.0977. The molecule has 7 heteroatoms. The third-order valence-corrected chi connectivity index (χ3v) is 7.11. The molecule has 1 fully saturated rings. The molecule has 1 atom stereocenters. The summed E-state index contributed by atoms with van der Waals surface area (Å²) < 4.78 is 27.6. The van der Waals surface area contributed by atoms with Crippen molar-refractivity contribution in [2.75, 3.05) is 13.1 Å². The molecule has 1 unspecified atom stereocenters. The first-order valence-corrected chi connectivity index (χ1v) is 10.1. The summed E-state index contributed by atoms with van der Waals surface area (Å²) in [7, 11) is -3.52. The van der Waals surface area contributed by atoms with Crippen LogP contribution in [-0.2, 0) is 10.0 Å². The topological polar surface area (TPSA) is 76.3 Å². The second-order valence-corrected chi connectivity index (χ2v) is 8.57. The summed E-state index contributed by atoms with van der Waals surface area (Å²) in [5, 5.41) is 2.81. The Kier molecular flexibility index (Phi) is 4.82. The van der Waals surface area contributed by atoms with Crippen LogP contribution < -0.4 is 5.73 Å². The number of hydrogen-bond acceptors (Lipinski definition) is 5. The van der Waals surface area contributed by atoms with Gasteiger partial charge >= 0.3 is 0 Å². The zero-order valence-corrected chi connectivity index (χ0v) is 14.7. The first kappa shape index (κ1) is 16.6. The molecule has 2 aromatic rings. The predicted molar refractivity (Wildman–Crippen MR) is 92.9 cm³/mol. The molecule has 0 bridgehead atoms. The maximum atomic E-state index is 13.0. The van der Waals surface area contributed by atoms with Crippen LogP contribution in [0, 0.1) is 6.92 Å². The summed E-state index contributed by atoms with van der Waals surface area (Å²) in [4.78, 5) is 4.76. The molecule has 2 heterocycles. The van der Waals surface area contributed by atoms with E-state index < -0.39 is 10.0 Å². The van der Waals surface area contributed by atoms with Crippen LogP contribution >= 0.6 is 11.3 Å². The van der Waals surface area contributed by atoms with E-state index in [1.165, 1.54) is 11.3 Å². The number of rotatable bonds is 4. The first-order valence-electron chi connectivity index (χ1n) is 7.77. The van der Waals surface area contributed by atoms with E-state index in [-0.39, 0.29) is 6.04 Å². The van der Waals surface area contributed by atoms with Crippen molar-refractivity contribution < 1.29 is 8.42 Å². The van der Waals surface area contributed by atoms with Crippen molar-refractivity contribution in [3.63, 3.8) is 0 Å². The molecular weight excluding hydrogens is 330 g/mol. The van der Waals surface area contributed by atoms with Crippen molar-refractivity contribution in [2.24, 2.45) is 5.73 Å². The van der Waals surface area contributed by atoms with Crippen LogP contribution in [0.1, 0.15) is 25.0 Å². The average molecular weight is 351 g/mol. The van der Waals surface area contributed by atoms with Gasteiger partial charge in [0, 0.05) is 35.8 Å². The van der Waals surface area contributed by atoms with E-state index in [9.17, 15) is 8.42 Å². The van der Waals surface area contributed by atoms with Gasteiger partial charge in [-0.3, -0.25) is 0 Å². The number of aryl methyl sites for hydroxylation is 1. The molecule has 0 amide bonds. The maximum Gasteiger partial charge on any atom is 0.243 e. The van der Waals surface area contributed by atoms with Gasteiger partial charge in [-0.2, -0.15) is 4.31 Å². The highest BCUT2D eigenvalue weighted by Crippen LogP contribution is 2.29. The number of thiazole rings is 1. The van der Waals surface area contributed by atoms with Crippen LogP contribution in [0.5, 0.6) is 0 Å². The fraction of sp³-hybridized carbons (Fsp3) is 0.438. The van der Waals surface area contributed by atoms with E-state index in [0.717, 1.165) is 35.5 Å². The number of aromatic nitrogens is 1. The Morgan fingerprint density at radius 2 is 2.22 bits per heavy atom. The number of piperidine rings is 1. The Labute approximate surface area is 141 Å². The Hall–Kier alpha value is -1.28. The molecule has 124 valence electrons. The minimum Gasteiger partial charge on any atom is -0.329 e. The van der Waals surface area contributed by atoms with Gasteiger partial charge < -0.3 is 5.73 Å². The van der Waals surface area contributed by atoms with Gasteiger partial charge in [0.1, 0.15) is 5.01 Å². The molecule has 2 N–H and O–H groups in total. The number of sulfonamides is 1. The molecule has 1 aromatic heterocycles. The number of benzene rings is 1. The summed E-state index contributed by atoms with van der Waals surface area (Å²) in [6.45, 7) is 2.84. The van der Waals surface area contributed by atoms with Gasteiger partial charge in [0.25, 0.3) is 0 Å². The quantitative estimate of drug-likeness (QED) is 0.919. The Bertz CT molecular complexity index is 786. The van der Waals surface area contributed by atoms with Gasteiger partial charge in [-0.15, -0.1) is 11.3 Å². The second kappa shape index (κ2) is 6.68. The van der Waals surface area contributed by atoms with E-state index in [1.54, 1.807) is 22.5 Å². The van der Waals surface area contributed by atoms with Crippen molar-refractivity contribution in [2.45, 2.75) is 37.1 Å². The fourth-order valence-electron chi connectivity index (χ4n) is 2.94. The summed E-state index contributed by atoms with van der Waals surface area (Å²) in [6.07, 6.45) is 2.76. The highest BCUT2D eigenvalue weighted by atomic mass is 32.2. The standard InChI is InChI=1S/C16H21N3O2S2/c1-12-11-22-16(18-12)13-5-4-7-15(9-13)23(20,21)19-8-3-2-6-14(19)10-17/h4-5,7,9,11,14H,2-3,6,8,10,17H2,1H3. The van der Waals surface area contributed by atoms with Crippen molar-refractivity contribution in [1.29, 1.82) is 0 Å². The lowest BCUT2D eigenvalue weighted by molar-refractivity contribution is 0.257. The molecule has 1 aromatic carbocycles. The van der Waals surface area contributed by atoms with Crippen LogP contribution in [0.15, 0.2) is 34.5 Å². The van der Waals surface area contributed by atoms with Crippen LogP contribution in [-0.4, -0.2) is 36.8 Å². The summed E-state index contributed by atoms with van der Waals surface area (Å²) in [6, 6.07) is 6.95. The average Bonchev–Trinajstić information content (AvgIpc) is 3.01. The smallest absolute Gasteiger partial charge is 0.243 e. The normalized spacial score (nSPS) is 19.8. The predicted octanol–water partition coefficient (Wildman–Crippen LogP) is 2.62. The molecular formula is C16H21N3O2S2. The van der Waals surface area contributed by atoms with Gasteiger partial charge in [0.15, 0.2) is 0 Å². The van der Waals surface area contributed by atoms with E-state index in [4.69, 9.17) is 5.73 Å². The highest BCUT2D eigenvalue weighted by Gasteiger charge is 2.32. The van der Waals surface area contributed by atoms with E-state index in [0.29, 0.717) is 18.0 Å². The lowest BCUT2D eigenvalue weighted by atomic mass is 10.1. The Balaban J connectivity index is 1.97. The van der Waals surface area contributed by atoms with Gasteiger partial charge in [-0.25, -0.2) is 13.4 Å². The molecule has 0 radical (unpaired) electrons. The van der Waals surface area contributed by atoms with Gasteiger partial charge in [-0.1, -0.05) is 18.6 Å². The highest BCUT2D eigenvalue weighted by molar-refractivity contribution is 7.89. The van der Waals surface area contributed by atoms with Gasteiger partial charge in [-0.05, 0) is 31.9 Å². The van der Waals surface area contributed by atoms with Gasteiger partial charge in [0.05, 0.1) is 4.90 Å². The molecule has 3 rings (SSSR count). The van der Waals surface area contributed by atoms with Crippen molar-refractivity contribution >= 4 is 21.4 Å². The number of nitrogens with two attached hydrogens (primary N) is 1. The zero-order chi connectivity index (χ0) is 16.4. The van der Waals surface area contributed by atoms with Crippen LogP contribution in [0.4, 0.5) is 0 Å². The third kappa shape index (κ3) is 3.33. The lowest BCUT2D eigenvalue weighted by Crippen LogP contribution is -2.47. The summed E-state index contributed by atoms with van der Waals surface area (Å²) in [5.74, 6) is 0. The van der Waals surface area contributed by atoms with E-state index >= 15 is 0 Å². The molecule has 5 nitrogen and oxygen atoms in total. The first-order chi connectivity index (χ1) is 11.0. The second-order valence-electron chi connectivity index (χ2n) is 5.82. The van der Waals surface area contributed by atoms with Crippen molar-refractivity contribution in [1.82, 2.24) is 9.29 Å². The largest absolute Gasteiger partial charge is 0.329 e. The molecule has 1 saturated heterocycles. The summed E-state index contributed by atoms with van der Waals surface area (Å²) >= 11 is 1.52. The minimum atomic E-state index is -3.52. The Morgan fingerprint density at radius 1 is 1.39 bits per heavy atom. The molecule has 23 heavy (non-hydrogen) atoms. The SMILES string of the molecule is Cc1csc(-c2cccc(S(=O)(=O)N3CCCCC3CN)c2)n1. The summed E-state index contributed by atoms with van der Waals surface area (Å²) in [5.41, 5.74) is 7.56. The monoisotopic (exact) mass is 351 g/mol. The van der Waals surface area contributed by atoms with Crippen LogP contribution in [0.3, 0.4) is 0 Å². The van der Waals surface area contributed by atoms with Crippen LogP contribution in [0.2, 0.25) is 0 Å². The molecule has 1 aliphatic rings. The fourth-order valence-corrected chi connectivity index (χ4v) is 5.48. The molecule has 0 aliphatic carbocycles. The van der Waals surface area contributed by atoms with Gasteiger partial charge in [0.2, 0.25) is 10.0 Å². The van der Waals surface area contributed by atoms with Crippen molar-refractivity contribution in [3.05, 3.63) is 35.3 Å². The Morgan fingerprint density at radius 3 is 2.91 bits per heavy atom. The number of nitrogens with zero attached hydrogens (tertiary/aromatic N) is 2. The van der Waals surface area contributed by atoms with E-state index in [2.05, 4.69) is 4.98 Å². The molecule has 0 saturated carbocycles. The molecule has 1 aliphatic heterocycles. The zero-order valence-electron chi connectivity index (χ0n) is 13.1. The van der Waals surface area contributed by atoms with Crippen LogP contribution in [0.25, 0.3) is 10.6 Å². The van der Waals surface area contributed by atoms with Crippen molar-refractivity contribution in [3.8, 4) is 10.6 Å². The molecule has 0 spiro atoms. The lowest BCUT2D eigenvalue weighted by Gasteiger charge is -2.33. The maximum absolute atomic E-state index is 13.0. The number of hydrogen-bond donors (Lipinski definition) is 1.